The topological polar surface area (TPSA) is 71.8 Å². The summed E-state index contributed by atoms with van der Waals surface area (Å²) in [6.45, 7) is 1.45. The van der Waals surface area contributed by atoms with E-state index >= 15 is 0 Å². The molecule has 1 saturated carbocycles. The molecule has 0 spiro atoms. The highest BCUT2D eigenvalue weighted by molar-refractivity contribution is 5.74. The van der Waals surface area contributed by atoms with Crippen molar-refractivity contribution in [2.45, 2.75) is 31.8 Å². The predicted molar refractivity (Wildman–Crippen MR) is 54.2 cm³/mol. The molecule has 2 amide bonds. The van der Waals surface area contributed by atoms with Crippen LogP contribution in [0.15, 0.2) is 12.4 Å². The third-order valence-electron chi connectivity index (χ3n) is 2.23. The van der Waals surface area contributed by atoms with Gasteiger partial charge in [-0.1, -0.05) is 5.21 Å². The lowest BCUT2D eigenvalue weighted by atomic mass is 10.4. The molecule has 0 aliphatic heterocycles. The van der Waals surface area contributed by atoms with E-state index in [1.54, 1.807) is 10.9 Å². The first-order valence-corrected chi connectivity index (χ1v) is 5.23. The number of aryl methyl sites for hydroxylation is 1. The molecule has 0 radical (unpaired) electrons. The van der Waals surface area contributed by atoms with E-state index in [1.165, 1.54) is 0 Å². The molecule has 0 saturated heterocycles. The summed E-state index contributed by atoms with van der Waals surface area (Å²) < 4.78 is 1.75. The van der Waals surface area contributed by atoms with E-state index in [-0.39, 0.29) is 6.03 Å². The molecule has 15 heavy (non-hydrogen) atoms. The smallest absolute Gasteiger partial charge is 0.315 e. The minimum atomic E-state index is -0.0592. The fourth-order valence-electron chi connectivity index (χ4n) is 1.26. The predicted octanol–water partition coefficient (Wildman–Crippen LogP) is 0.130. The van der Waals surface area contributed by atoms with Gasteiger partial charge in [0.25, 0.3) is 0 Å². The van der Waals surface area contributed by atoms with E-state index in [1.807, 2.05) is 6.20 Å². The third-order valence-corrected chi connectivity index (χ3v) is 2.23. The Bertz CT molecular complexity index is 306. The zero-order valence-electron chi connectivity index (χ0n) is 8.52. The molecule has 1 aromatic heterocycles. The maximum atomic E-state index is 11.2. The van der Waals surface area contributed by atoms with Crippen molar-refractivity contribution in [3.63, 3.8) is 0 Å². The second-order valence-corrected chi connectivity index (χ2v) is 3.69. The summed E-state index contributed by atoms with van der Waals surface area (Å²) in [4.78, 5) is 11.2. The van der Waals surface area contributed by atoms with Crippen LogP contribution in [0.2, 0.25) is 0 Å². The van der Waals surface area contributed by atoms with Crippen molar-refractivity contribution in [2.24, 2.45) is 0 Å². The Morgan fingerprint density at radius 2 is 2.40 bits per heavy atom. The van der Waals surface area contributed by atoms with Gasteiger partial charge in [0.05, 0.1) is 6.20 Å². The molecule has 2 rings (SSSR count). The zero-order chi connectivity index (χ0) is 10.5. The van der Waals surface area contributed by atoms with Gasteiger partial charge < -0.3 is 10.6 Å². The molecule has 82 valence electrons. The molecule has 0 aromatic carbocycles. The Hall–Kier alpha value is -1.59. The SMILES string of the molecule is O=C(NCCCn1ccnn1)NC1CC1. The van der Waals surface area contributed by atoms with Gasteiger partial charge in [-0.25, -0.2) is 4.79 Å². The largest absolute Gasteiger partial charge is 0.338 e. The lowest BCUT2D eigenvalue weighted by molar-refractivity contribution is 0.240. The fourth-order valence-corrected chi connectivity index (χ4v) is 1.26. The fraction of sp³-hybridized carbons (Fsp3) is 0.667. The van der Waals surface area contributed by atoms with Crippen LogP contribution in [-0.4, -0.2) is 33.6 Å². The number of rotatable bonds is 5. The van der Waals surface area contributed by atoms with Crippen molar-refractivity contribution < 1.29 is 4.79 Å². The number of amides is 2. The third kappa shape index (κ3) is 3.57. The van der Waals surface area contributed by atoms with Crippen LogP contribution in [0.5, 0.6) is 0 Å². The van der Waals surface area contributed by atoms with Gasteiger partial charge in [-0.05, 0) is 19.3 Å². The minimum absolute atomic E-state index is 0.0592. The first-order chi connectivity index (χ1) is 7.34. The van der Waals surface area contributed by atoms with Crippen LogP contribution >= 0.6 is 0 Å². The maximum absolute atomic E-state index is 11.2. The molecule has 6 heteroatoms. The number of carbonyl (C=O) groups is 1. The Balaban J connectivity index is 1.52. The number of nitrogens with one attached hydrogen (secondary N) is 2. The van der Waals surface area contributed by atoms with Gasteiger partial charge in [-0.3, -0.25) is 4.68 Å². The van der Waals surface area contributed by atoms with Gasteiger partial charge in [0.15, 0.2) is 0 Å². The summed E-state index contributed by atoms with van der Waals surface area (Å²) >= 11 is 0. The van der Waals surface area contributed by atoms with Gasteiger partial charge in [0, 0.05) is 25.3 Å². The molecule has 0 bridgehead atoms. The lowest BCUT2D eigenvalue weighted by Crippen LogP contribution is -2.37. The van der Waals surface area contributed by atoms with Crippen molar-refractivity contribution in [1.82, 2.24) is 25.6 Å². The molecular weight excluding hydrogens is 194 g/mol. The molecule has 0 unspecified atom stereocenters. The number of aromatic nitrogens is 3. The average molecular weight is 209 g/mol. The number of urea groups is 1. The molecule has 1 aliphatic carbocycles. The van der Waals surface area contributed by atoms with E-state index in [4.69, 9.17) is 0 Å². The van der Waals surface area contributed by atoms with Crippen LogP contribution in [0.25, 0.3) is 0 Å². The van der Waals surface area contributed by atoms with Gasteiger partial charge in [-0.2, -0.15) is 0 Å². The second kappa shape index (κ2) is 4.77. The van der Waals surface area contributed by atoms with Gasteiger partial charge in [-0.15, -0.1) is 5.10 Å². The Morgan fingerprint density at radius 1 is 1.53 bits per heavy atom. The molecular formula is C9H15N5O. The average Bonchev–Trinajstić information content (AvgIpc) is 2.87. The molecule has 1 fully saturated rings. The van der Waals surface area contributed by atoms with Gasteiger partial charge in [0.2, 0.25) is 0 Å². The summed E-state index contributed by atoms with van der Waals surface area (Å²) in [6, 6.07) is 0.358. The van der Waals surface area contributed by atoms with E-state index in [9.17, 15) is 4.79 Å². The normalized spacial score (nSPS) is 14.9. The van der Waals surface area contributed by atoms with E-state index in [2.05, 4.69) is 20.9 Å². The highest BCUT2D eigenvalue weighted by Gasteiger charge is 2.22. The standard InChI is InChI=1S/C9H15N5O/c15-9(12-8-2-3-8)10-4-1-6-14-7-5-11-13-14/h5,7-8H,1-4,6H2,(H2,10,12,15). The van der Waals surface area contributed by atoms with Crippen LogP contribution in [0.3, 0.4) is 0 Å². The summed E-state index contributed by atoms with van der Waals surface area (Å²) in [7, 11) is 0. The monoisotopic (exact) mass is 209 g/mol. The highest BCUT2D eigenvalue weighted by Crippen LogP contribution is 2.18. The van der Waals surface area contributed by atoms with E-state index < -0.39 is 0 Å². The Kier molecular flexibility index (Phi) is 3.16. The van der Waals surface area contributed by atoms with Crippen LogP contribution in [0.1, 0.15) is 19.3 Å². The number of nitrogens with zero attached hydrogens (tertiary/aromatic N) is 3. The summed E-state index contributed by atoms with van der Waals surface area (Å²) in [5, 5.41) is 13.2. The maximum Gasteiger partial charge on any atom is 0.315 e. The summed E-state index contributed by atoms with van der Waals surface area (Å²) in [5.41, 5.74) is 0. The molecule has 1 heterocycles. The molecule has 1 aromatic rings. The van der Waals surface area contributed by atoms with Crippen LogP contribution in [0.4, 0.5) is 4.79 Å². The highest BCUT2D eigenvalue weighted by atomic mass is 16.2. The van der Waals surface area contributed by atoms with Crippen LogP contribution < -0.4 is 10.6 Å². The molecule has 0 atom stereocenters. The minimum Gasteiger partial charge on any atom is -0.338 e. The summed E-state index contributed by atoms with van der Waals surface area (Å²) in [5.74, 6) is 0. The van der Waals surface area contributed by atoms with Gasteiger partial charge in [0.1, 0.15) is 0 Å². The first-order valence-electron chi connectivity index (χ1n) is 5.23. The van der Waals surface area contributed by atoms with Crippen molar-refractivity contribution in [2.75, 3.05) is 6.54 Å². The van der Waals surface area contributed by atoms with Gasteiger partial charge >= 0.3 is 6.03 Å². The van der Waals surface area contributed by atoms with E-state index in [0.29, 0.717) is 12.6 Å². The number of carbonyl (C=O) groups excluding carboxylic acids is 1. The first kappa shape index (κ1) is 9.95. The van der Waals surface area contributed by atoms with Crippen molar-refractivity contribution in [1.29, 1.82) is 0 Å². The van der Waals surface area contributed by atoms with Crippen molar-refractivity contribution in [3.05, 3.63) is 12.4 Å². The molecule has 2 N–H and O–H groups in total. The Morgan fingerprint density at radius 3 is 3.07 bits per heavy atom. The van der Waals surface area contributed by atoms with Crippen LogP contribution in [0, 0.1) is 0 Å². The quantitative estimate of drug-likeness (QED) is 0.677. The molecule has 1 aliphatic rings. The lowest BCUT2D eigenvalue weighted by Gasteiger charge is -2.05. The van der Waals surface area contributed by atoms with E-state index in [0.717, 1.165) is 25.8 Å². The zero-order valence-corrected chi connectivity index (χ0v) is 8.52. The number of hydrogen-bond acceptors (Lipinski definition) is 3. The second-order valence-electron chi connectivity index (χ2n) is 3.69. The molecule has 6 nitrogen and oxygen atoms in total. The van der Waals surface area contributed by atoms with Crippen molar-refractivity contribution >= 4 is 6.03 Å². The van der Waals surface area contributed by atoms with Crippen molar-refractivity contribution in [3.8, 4) is 0 Å². The number of hydrogen-bond donors (Lipinski definition) is 2. The Labute approximate surface area is 88.0 Å². The summed E-state index contributed by atoms with van der Waals surface area (Å²) in [6.07, 6.45) is 6.55. The van der Waals surface area contributed by atoms with Crippen LogP contribution in [-0.2, 0) is 6.54 Å².